The molecule has 132 valence electrons. The highest BCUT2D eigenvalue weighted by atomic mass is 79.9. The molecule has 1 fully saturated rings. The molecule has 0 saturated heterocycles. The number of carbonyl (C=O) groups is 2. The van der Waals surface area contributed by atoms with E-state index in [4.69, 9.17) is 9.15 Å². The first-order valence-electron chi connectivity index (χ1n) is 8.19. The van der Waals surface area contributed by atoms with E-state index in [1.165, 1.54) is 4.90 Å². The minimum absolute atomic E-state index is 0.0309. The minimum atomic E-state index is -0.273. The first-order chi connectivity index (χ1) is 11.9. The number of hydrogen-bond acceptors (Lipinski definition) is 4. The molecular weight excluding hydrogens is 386 g/mol. The number of benzene rings is 1. The van der Waals surface area contributed by atoms with Crippen molar-refractivity contribution in [1.29, 1.82) is 0 Å². The van der Waals surface area contributed by atoms with E-state index >= 15 is 0 Å². The number of esters is 1. The van der Waals surface area contributed by atoms with Gasteiger partial charge in [-0.3, -0.25) is 9.59 Å². The van der Waals surface area contributed by atoms with E-state index in [0.717, 1.165) is 22.2 Å². The molecule has 1 heterocycles. The molecule has 0 N–H and O–H groups in total. The van der Waals surface area contributed by atoms with Crippen molar-refractivity contribution in [3.63, 3.8) is 0 Å². The lowest BCUT2D eigenvalue weighted by Gasteiger charge is -2.15. The zero-order valence-corrected chi connectivity index (χ0v) is 15.8. The van der Waals surface area contributed by atoms with Crippen LogP contribution in [-0.2, 0) is 20.9 Å². The minimum Gasteiger partial charge on any atom is -0.459 e. The second kappa shape index (κ2) is 7.44. The molecule has 1 aliphatic carbocycles. The molecule has 1 aromatic heterocycles. The molecule has 0 aliphatic heterocycles. The Morgan fingerprint density at radius 2 is 1.92 bits per heavy atom. The summed E-state index contributed by atoms with van der Waals surface area (Å²) in [5, 5.41) is 0. The van der Waals surface area contributed by atoms with Crippen molar-refractivity contribution in [2.75, 3.05) is 13.7 Å². The van der Waals surface area contributed by atoms with Gasteiger partial charge in [0, 0.05) is 17.1 Å². The lowest BCUT2D eigenvalue weighted by molar-refractivity contribution is -0.153. The number of nitrogens with zero attached hydrogens (tertiary/aromatic N) is 1. The molecule has 5 nitrogen and oxygen atoms in total. The SMILES string of the molecule is C[C@@H]1C[C@H]1C(=O)OCC(=O)N(C)Cc1ccc(-c2ccc(Br)cc2)o1. The van der Waals surface area contributed by atoms with Crippen molar-refractivity contribution < 1.29 is 18.7 Å². The summed E-state index contributed by atoms with van der Waals surface area (Å²) >= 11 is 3.40. The summed E-state index contributed by atoms with van der Waals surface area (Å²) in [7, 11) is 1.66. The number of carbonyl (C=O) groups excluding carboxylic acids is 2. The van der Waals surface area contributed by atoms with Crippen molar-refractivity contribution in [1.82, 2.24) is 4.90 Å². The Labute approximate surface area is 155 Å². The van der Waals surface area contributed by atoms with Crippen molar-refractivity contribution in [2.45, 2.75) is 19.9 Å². The zero-order chi connectivity index (χ0) is 18.0. The fourth-order valence-corrected chi connectivity index (χ4v) is 2.82. The van der Waals surface area contributed by atoms with Gasteiger partial charge in [0.2, 0.25) is 0 Å². The Kier molecular flexibility index (Phi) is 5.27. The third-order valence-electron chi connectivity index (χ3n) is 4.36. The van der Waals surface area contributed by atoms with Gasteiger partial charge in [-0.2, -0.15) is 0 Å². The topological polar surface area (TPSA) is 59.8 Å². The summed E-state index contributed by atoms with van der Waals surface area (Å²) in [6.07, 6.45) is 0.855. The average molecular weight is 406 g/mol. The van der Waals surface area contributed by atoms with Crippen LogP contribution in [0.15, 0.2) is 45.3 Å². The van der Waals surface area contributed by atoms with Crippen LogP contribution in [-0.4, -0.2) is 30.4 Å². The molecule has 2 aromatic rings. The van der Waals surface area contributed by atoms with E-state index in [9.17, 15) is 9.59 Å². The molecule has 2 atom stereocenters. The predicted molar refractivity (Wildman–Crippen MR) is 96.5 cm³/mol. The number of likely N-dealkylation sites (N-methyl/N-ethyl adjacent to an activating group) is 1. The summed E-state index contributed by atoms with van der Waals surface area (Å²) in [4.78, 5) is 25.3. The van der Waals surface area contributed by atoms with Gasteiger partial charge in [0.25, 0.3) is 5.91 Å². The Hall–Kier alpha value is -2.08. The van der Waals surface area contributed by atoms with E-state index in [1.807, 2.05) is 43.3 Å². The highest BCUT2D eigenvalue weighted by Crippen LogP contribution is 2.38. The molecule has 1 saturated carbocycles. The molecule has 0 bridgehead atoms. The molecule has 6 heteroatoms. The van der Waals surface area contributed by atoms with Gasteiger partial charge >= 0.3 is 5.97 Å². The molecule has 0 spiro atoms. The monoisotopic (exact) mass is 405 g/mol. The van der Waals surface area contributed by atoms with Gasteiger partial charge in [0.15, 0.2) is 6.61 Å². The van der Waals surface area contributed by atoms with E-state index < -0.39 is 0 Å². The highest BCUT2D eigenvalue weighted by molar-refractivity contribution is 9.10. The molecule has 1 aliphatic rings. The molecular formula is C19H20BrNO4. The Morgan fingerprint density at radius 1 is 1.24 bits per heavy atom. The summed E-state index contributed by atoms with van der Waals surface area (Å²) in [5.74, 6) is 1.25. The third-order valence-corrected chi connectivity index (χ3v) is 4.89. The van der Waals surface area contributed by atoms with Gasteiger partial charge in [-0.05, 0) is 36.6 Å². The molecule has 1 amide bonds. The molecule has 3 rings (SSSR count). The van der Waals surface area contributed by atoms with Crippen LogP contribution in [0.2, 0.25) is 0 Å². The van der Waals surface area contributed by atoms with Crippen molar-refractivity contribution >= 4 is 27.8 Å². The van der Waals surface area contributed by atoms with Crippen molar-refractivity contribution in [2.24, 2.45) is 11.8 Å². The smallest absolute Gasteiger partial charge is 0.309 e. The summed E-state index contributed by atoms with van der Waals surface area (Å²) in [6, 6.07) is 11.5. The van der Waals surface area contributed by atoms with Gasteiger partial charge < -0.3 is 14.1 Å². The van der Waals surface area contributed by atoms with Crippen molar-refractivity contribution in [3.8, 4) is 11.3 Å². The van der Waals surface area contributed by atoms with E-state index in [-0.39, 0.29) is 24.4 Å². The van der Waals surface area contributed by atoms with Gasteiger partial charge in [0.05, 0.1) is 12.5 Å². The number of amides is 1. The summed E-state index contributed by atoms with van der Waals surface area (Å²) in [6.45, 7) is 2.10. The number of ether oxygens (including phenoxy) is 1. The lowest BCUT2D eigenvalue weighted by Crippen LogP contribution is -2.31. The molecule has 25 heavy (non-hydrogen) atoms. The van der Waals surface area contributed by atoms with Crippen LogP contribution in [0.25, 0.3) is 11.3 Å². The molecule has 0 radical (unpaired) electrons. The number of rotatable bonds is 6. The van der Waals surface area contributed by atoms with E-state index in [0.29, 0.717) is 18.2 Å². The highest BCUT2D eigenvalue weighted by Gasteiger charge is 2.40. The molecule has 1 aromatic carbocycles. The normalized spacial score (nSPS) is 18.7. The number of furan rings is 1. The van der Waals surface area contributed by atoms with Crippen LogP contribution in [0, 0.1) is 11.8 Å². The van der Waals surface area contributed by atoms with Crippen LogP contribution in [0.4, 0.5) is 0 Å². The Balaban J connectivity index is 1.52. The lowest BCUT2D eigenvalue weighted by atomic mass is 10.2. The second-order valence-electron chi connectivity index (χ2n) is 6.45. The van der Waals surface area contributed by atoms with Crippen LogP contribution >= 0.6 is 15.9 Å². The van der Waals surface area contributed by atoms with Crippen LogP contribution in [0.1, 0.15) is 19.1 Å². The maximum atomic E-state index is 12.1. The summed E-state index contributed by atoms with van der Waals surface area (Å²) < 4.78 is 11.9. The first-order valence-corrected chi connectivity index (χ1v) is 8.98. The zero-order valence-electron chi connectivity index (χ0n) is 14.2. The standard InChI is InChI=1S/C19H20BrNO4/c1-12-9-16(12)19(23)24-11-18(22)21(2)10-15-7-8-17(25-15)13-3-5-14(20)6-4-13/h3-8,12,16H,9-11H2,1-2H3/t12-,16-/m1/s1. The fraction of sp³-hybridized carbons (Fsp3) is 0.368. The van der Waals surface area contributed by atoms with Gasteiger partial charge in [-0.15, -0.1) is 0 Å². The summed E-state index contributed by atoms with van der Waals surface area (Å²) in [5.41, 5.74) is 0.968. The van der Waals surface area contributed by atoms with Gasteiger partial charge in [-0.25, -0.2) is 0 Å². The average Bonchev–Trinajstić information content (AvgIpc) is 3.15. The first kappa shape index (κ1) is 17.7. The van der Waals surface area contributed by atoms with Crippen LogP contribution in [0.5, 0.6) is 0 Å². The fourth-order valence-electron chi connectivity index (χ4n) is 2.55. The Morgan fingerprint density at radius 3 is 2.56 bits per heavy atom. The Bertz CT molecular complexity index is 768. The maximum absolute atomic E-state index is 12.1. The van der Waals surface area contributed by atoms with Crippen molar-refractivity contribution in [3.05, 3.63) is 46.6 Å². The van der Waals surface area contributed by atoms with E-state index in [2.05, 4.69) is 15.9 Å². The van der Waals surface area contributed by atoms with Gasteiger partial charge in [0.1, 0.15) is 11.5 Å². The molecule has 0 unspecified atom stereocenters. The number of hydrogen-bond donors (Lipinski definition) is 0. The third kappa shape index (κ3) is 4.51. The van der Waals surface area contributed by atoms with Crippen LogP contribution < -0.4 is 0 Å². The quantitative estimate of drug-likeness (QED) is 0.684. The van der Waals surface area contributed by atoms with Crippen LogP contribution in [0.3, 0.4) is 0 Å². The number of halogens is 1. The van der Waals surface area contributed by atoms with Gasteiger partial charge in [-0.1, -0.05) is 35.0 Å². The maximum Gasteiger partial charge on any atom is 0.309 e. The van der Waals surface area contributed by atoms with E-state index in [1.54, 1.807) is 7.05 Å². The predicted octanol–water partition coefficient (Wildman–Crippen LogP) is 3.87. The largest absolute Gasteiger partial charge is 0.459 e. The second-order valence-corrected chi connectivity index (χ2v) is 7.37.